The average Bonchev–Trinajstić information content (AvgIpc) is 3.33. The maximum atomic E-state index is 13.4. The van der Waals surface area contributed by atoms with E-state index in [2.05, 4.69) is 14.5 Å². The molecule has 0 aliphatic carbocycles. The van der Waals surface area contributed by atoms with Crippen molar-refractivity contribution >= 4 is 28.6 Å². The van der Waals surface area contributed by atoms with Crippen LogP contribution in [0.3, 0.4) is 0 Å². The lowest BCUT2D eigenvalue weighted by Gasteiger charge is -2.34. The molecule has 0 spiro atoms. The lowest BCUT2D eigenvalue weighted by Crippen LogP contribution is -2.48. The maximum absolute atomic E-state index is 13.4. The Bertz CT molecular complexity index is 1320. The number of aromatic nitrogens is 3. The number of ether oxygens (including phenoxy) is 2. The highest BCUT2D eigenvalue weighted by atomic mass is 19.3. The van der Waals surface area contributed by atoms with Gasteiger partial charge < -0.3 is 33.8 Å². The summed E-state index contributed by atoms with van der Waals surface area (Å²) in [6.45, 7) is 8.05. The summed E-state index contributed by atoms with van der Waals surface area (Å²) in [6, 6.07) is 4.66. The number of aromatic hydroxyl groups is 1. The largest absolute Gasteiger partial charge is 0.586 e. The molecule has 5 rings (SSSR count). The molecular formula is C24H28F2N6O4. The van der Waals surface area contributed by atoms with Crippen molar-refractivity contribution in [2.45, 2.75) is 39.7 Å². The Hall–Kier alpha value is -3.83. The molecule has 3 aromatic rings. The number of carbonyl (C=O) groups excluding carboxylic acids is 1. The fourth-order valence-electron chi connectivity index (χ4n) is 4.55. The molecule has 0 radical (unpaired) electrons. The molecule has 1 amide bonds. The van der Waals surface area contributed by atoms with E-state index in [9.17, 15) is 18.7 Å². The smallest absolute Gasteiger partial charge is 0.493 e. The van der Waals surface area contributed by atoms with E-state index < -0.39 is 6.29 Å². The molecule has 0 unspecified atom stereocenters. The monoisotopic (exact) mass is 502 g/mol. The van der Waals surface area contributed by atoms with Gasteiger partial charge in [-0.25, -0.2) is 4.98 Å². The molecule has 2 aromatic heterocycles. The molecule has 10 nitrogen and oxygen atoms in total. The summed E-state index contributed by atoms with van der Waals surface area (Å²) in [5.41, 5.74) is 1.14. The van der Waals surface area contributed by atoms with Crippen molar-refractivity contribution < 1.29 is 28.2 Å². The third-order valence-electron chi connectivity index (χ3n) is 6.45. The van der Waals surface area contributed by atoms with E-state index in [4.69, 9.17) is 4.98 Å². The van der Waals surface area contributed by atoms with Gasteiger partial charge in [-0.2, -0.15) is 4.98 Å². The number of hydrogen-bond acceptors (Lipinski definition) is 8. The molecule has 4 heterocycles. The minimum absolute atomic E-state index is 0.00422. The van der Waals surface area contributed by atoms with Crippen molar-refractivity contribution in [1.29, 1.82) is 0 Å². The summed E-state index contributed by atoms with van der Waals surface area (Å²) >= 11 is 0. The van der Waals surface area contributed by atoms with Gasteiger partial charge in [-0.1, -0.05) is 6.07 Å². The van der Waals surface area contributed by atoms with E-state index in [1.54, 1.807) is 22.5 Å². The highest BCUT2D eigenvalue weighted by molar-refractivity contribution is 5.94. The predicted molar refractivity (Wildman–Crippen MR) is 129 cm³/mol. The van der Waals surface area contributed by atoms with E-state index in [1.165, 1.54) is 12.1 Å². The summed E-state index contributed by atoms with van der Waals surface area (Å²) in [5, 5.41) is 11.6. The van der Waals surface area contributed by atoms with Gasteiger partial charge in [0.05, 0.1) is 5.39 Å². The second-order valence-electron chi connectivity index (χ2n) is 9.36. The molecule has 0 bridgehead atoms. The van der Waals surface area contributed by atoms with E-state index >= 15 is 0 Å². The minimum atomic E-state index is -3.68. The molecule has 1 saturated heterocycles. The van der Waals surface area contributed by atoms with Crippen molar-refractivity contribution in [3.05, 3.63) is 30.0 Å². The zero-order chi connectivity index (χ0) is 25.8. The molecule has 2 aliphatic heterocycles. The van der Waals surface area contributed by atoms with Crippen molar-refractivity contribution in [2.24, 2.45) is 0 Å². The second-order valence-corrected chi connectivity index (χ2v) is 9.36. The van der Waals surface area contributed by atoms with Gasteiger partial charge in [-0.3, -0.25) is 4.79 Å². The van der Waals surface area contributed by atoms with Crippen LogP contribution in [0.4, 0.5) is 20.5 Å². The topological polar surface area (TPSA) is 96.2 Å². The predicted octanol–water partition coefficient (Wildman–Crippen LogP) is 3.34. The number of amides is 1. The number of carbonyl (C=O) groups is 1. The van der Waals surface area contributed by atoms with Gasteiger partial charge in [0.2, 0.25) is 17.7 Å². The Balaban J connectivity index is 1.49. The zero-order valence-corrected chi connectivity index (χ0v) is 20.5. The Labute approximate surface area is 206 Å². The zero-order valence-electron chi connectivity index (χ0n) is 20.5. The van der Waals surface area contributed by atoms with Crippen molar-refractivity contribution in [2.75, 3.05) is 43.0 Å². The summed E-state index contributed by atoms with van der Waals surface area (Å²) in [7, 11) is 1.84. The third-order valence-corrected chi connectivity index (χ3v) is 6.45. The summed E-state index contributed by atoms with van der Waals surface area (Å²) in [6.07, 6.45) is -1.86. The molecule has 0 atom stereocenters. The number of fused-ring (bicyclic) bond motifs is 2. The molecular weight excluding hydrogens is 474 g/mol. The number of benzene rings is 1. The molecule has 1 aromatic carbocycles. The van der Waals surface area contributed by atoms with Gasteiger partial charge in [0.1, 0.15) is 11.3 Å². The first kappa shape index (κ1) is 23.9. The summed E-state index contributed by atoms with van der Waals surface area (Å²) in [4.78, 5) is 26.9. The van der Waals surface area contributed by atoms with E-state index in [-0.39, 0.29) is 29.3 Å². The van der Waals surface area contributed by atoms with Crippen LogP contribution < -0.4 is 19.3 Å². The first-order chi connectivity index (χ1) is 17.0. The van der Waals surface area contributed by atoms with Crippen LogP contribution in [0, 0.1) is 0 Å². The number of rotatable bonds is 5. The standard InChI is InChI=1S/C24H28F2N6O4/c1-14(2)32-13-17-20(22(32)34)27-23(31-9-7-30(8-10-31)15(3)33)28-21(17)29(4)12-16-5-6-18-19(11-16)36-24(25,26)35-18/h5-6,11,13-14,34H,7-10,12H2,1-4H3. The molecule has 1 fully saturated rings. The Morgan fingerprint density at radius 1 is 1.17 bits per heavy atom. The highest BCUT2D eigenvalue weighted by Crippen LogP contribution is 2.42. The fraction of sp³-hybridized carbons (Fsp3) is 0.458. The lowest BCUT2D eigenvalue weighted by molar-refractivity contribution is -0.286. The Morgan fingerprint density at radius 3 is 2.53 bits per heavy atom. The number of anilines is 2. The minimum Gasteiger partial charge on any atom is -0.493 e. The van der Waals surface area contributed by atoms with E-state index in [0.717, 1.165) is 0 Å². The summed E-state index contributed by atoms with van der Waals surface area (Å²) in [5.74, 6) is 1.08. The second kappa shape index (κ2) is 8.68. The van der Waals surface area contributed by atoms with Gasteiger partial charge in [-0.05, 0) is 31.5 Å². The average molecular weight is 503 g/mol. The van der Waals surface area contributed by atoms with Crippen LogP contribution in [0.2, 0.25) is 0 Å². The van der Waals surface area contributed by atoms with Crippen LogP contribution in [0.1, 0.15) is 32.4 Å². The maximum Gasteiger partial charge on any atom is 0.586 e. The van der Waals surface area contributed by atoms with Crippen LogP contribution >= 0.6 is 0 Å². The van der Waals surface area contributed by atoms with Gasteiger partial charge in [0.15, 0.2) is 11.5 Å². The van der Waals surface area contributed by atoms with Gasteiger partial charge >= 0.3 is 6.29 Å². The van der Waals surface area contributed by atoms with Gasteiger partial charge in [-0.15, -0.1) is 8.78 Å². The van der Waals surface area contributed by atoms with Crippen LogP contribution in [0.5, 0.6) is 17.4 Å². The number of hydrogen-bond donors (Lipinski definition) is 1. The van der Waals surface area contributed by atoms with E-state index in [0.29, 0.717) is 61.0 Å². The number of halogens is 2. The first-order valence-corrected chi connectivity index (χ1v) is 11.7. The molecule has 2 aliphatic rings. The van der Waals surface area contributed by atoms with Crippen molar-refractivity contribution in [3.63, 3.8) is 0 Å². The summed E-state index contributed by atoms with van der Waals surface area (Å²) < 4.78 is 37.7. The van der Waals surface area contributed by atoms with Crippen LogP contribution in [0.15, 0.2) is 24.4 Å². The number of piperazine rings is 1. The Kier molecular flexibility index (Phi) is 5.76. The van der Waals surface area contributed by atoms with E-state index in [1.807, 2.05) is 36.9 Å². The molecule has 12 heteroatoms. The van der Waals surface area contributed by atoms with Crippen molar-refractivity contribution in [1.82, 2.24) is 19.4 Å². The molecule has 36 heavy (non-hydrogen) atoms. The van der Waals surface area contributed by atoms with Gasteiger partial charge in [0.25, 0.3) is 0 Å². The normalized spacial score (nSPS) is 16.8. The van der Waals surface area contributed by atoms with Crippen LogP contribution in [0.25, 0.3) is 10.9 Å². The lowest BCUT2D eigenvalue weighted by atomic mass is 10.2. The highest BCUT2D eigenvalue weighted by Gasteiger charge is 2.43. The fourth-order valence-corrected chi connectivity index (χ4v) is 4.55. The van der Waals surface area contributed by atoms with Crippen LogP contribution in [-0.2, 0) is 11.3 Å². The first-order valence-electron chi connectivity index (χ1n) is 11.7. The third kappa shape index (κ3) is 4.31. The van der Waals surface area contributed by atoms with Gasteiger partial charge in [0, 0.05) is 58.9 Å². The van der Waals surface area contributed by atoms with Crippen LogP contribution in [-0.4, -0.2) is 70.0 Å². The number of nitrogens with zero attached hydrogens (tertiary/aromatic N) is 6. The molecule has 192 valence electrons. The Morgan fingerprint density at radius 2 is 1.86 bits per heavy atom. The molecule has 0 saturated carbocycles. The number of alkyl halides is 2. The quantitative estimate of drug-likeness (QED) is 0.568. The van der Waals surface area contributed by atoms with Crippen molar-refractivity contribution in [3.8, 4) is 17.4 Å². The molecule has 1 N–H and O–H groups in total. The SMILES string of the molecule is CC(=O)N1CCN(c2nc(N(C)Cc3ccc4c(c3)OC(F)(F)O4)c3cn(C(C)C)c(O)c3n2)CC1.